The minimum atomic E-state index is -0.525. The number of thiazole rings is 1. The van der Waals surface area contributed by atoms with Gasteiger partial charge in [0.15, 0.2) is 0 Å². The second-order valence-electron chi connectivity index (χ2n) is 3.57. The Kier molecular flexibility index (Phi) is 4.51. The molecular weight excluding hydrogens is 198 g/mol. The molecule has 1 aromatic heterocycles. The number of rotatable bonds is 5. The number of aromatic nitrogens is 1. The second kappa shape index (κ2) is 5.44. The molecule has 1 aromatic rings. The lowest BCUT2D eigenvalue weighted by Crippen LogP contribution is -2.00. The molecule has 0 aliphatic carbocycles. The predicted molar refractivity (Wildman–Crippen MR) is 56.8 cm³/mol. The van der Waals surface area contributed by atoms with Crippen LogP contribution < -0.4 is 0 Å². The van der Waals surface area contributed by atoms with Gasteiger partial charge in [-0.1, -0.05) is 13.8 Å². The number of hydrogen-bond acceptors (Lipinski definition) is 4. The van der Waals surface area contributed by atoms with Gasteiger partial charge in [0.1, 0.15) is 11.1 Å². The lowest BCUT2D eigenvalue weighted by molar-refractivity contribution is 0.173. The van der Waals surface area contributed by atoms with Crippen molar-refractivity contribution < 1.29 is 10.2 Å². The third kappa shape index (κ3) is 3.36. The number of aliphatic hydroxyl groups excluding tert-OH is 2. The molecular formula is C10H16NO2S. The van der Waals surface area contributed by atoms with E-state index in [0.717, 1.165) is 0 Å². The van der Waals surface area contributed by atoms with Crippen molar-refractivity contribution in [1.82, 2.24) is 4.98 Å². The van der Waals surface area contributed by atoms with Gasteiger partial charge in [0.25, 0.3) is 0 Å². The van der Waals surface area contributed by atoms with E-state index in [2.05, 4.69) is 25.3 Å². The van der Waals surface area contributed by atoms with Crippen LogP contribution in [0.2, 0.25) is 0 Å². The van der Waals surface area contributed by atoms with Crippen LogP contribution in [-0.2, 0) is 6.61 Å². The van der Waals surface area contributed by atoms with Gasteiger partial charge < -0.3 is 10.2 Å². The van der Waals surface area contributed by atoms with Crippen LogP contribution in [0.1, 0.15) is 37.1 Å². The summed E-state index contributed by atoms with van der Waals surface area (Å²) in [7, 11) is 0. The number of nitrogens with zero attached hydrogens (tertiary/aromatic N) is 1. The van der Waals surface area contributed by atoms with E-state index in [9.17, 15) is 5.11 Å². The van der Waals surface area contributed by atoms with E-state index in [0.29, 0.717) is 23.0 Å². The Balaban J connectivity index is 2.47. The monoisotopic (exact) mass is 214 g/mol. The molecule has 0 bridgehead atoms. The molecule has 4 heteroatoms. The molecule has 0 unspecified atom stereocenters. The van der Waals surface area contributed by atoms with E-state index in [1.807, 2.05) is 0 Å². The maximum Gasteiger partial charge on any atom is 0.122 e. The van der Waals surface area contributed by atoms with Crippen molar-refractivity contribution in [1.29, 1.82) is 0 Å². The highest BCUT2D eigenvalue weighted by Crippen LogP contribution is 2.23. The molecule has 0 saturated carbocycles. The van der Waals surface area contributed by atoms with Crippen LogP contribution >= 0.6 is 11.3 Å². The highest BCUT2D eigenvalue weighted by molar-refractivity contribution is 7.09. The molecule has 0 spiro atoms. The molecule has 1 radical (unpaired) electrons. The van der Waals surface area contributed by atoms with Gasteiger partial charge in [0, 0.05) is 5.38 Å². The fraction of sp³-hybridized carbons (Fsp3) is 0.600. The summed E-state index contributed by atoms with van der Waals surface area (Å²) in [6, 6.07) is 0. The van der Waals surface area contributed by atoms with Crippen LogP contribution in [0.3, 0.4) is 0 Å². The fourth-order valence-electron chi connectivity index (χ4n) is 1.05. The van der Waals surface area contributed by atoms with Crippen molar-refractivity contribution in [2.75, 3.05) is 0 Å². The Bertz CT molecular complexity index is 273. The summed E-state index contributed by atoms with van der Waals surface area (Å²) in [6.07, 6.45) is 2.16. The third-order valence-corrected chi connectivity index (χ3v) is 2.84. The van der Waals surface area contributed by atoms with Crippen LogP contribution in [0, 0.1) is 12.3 Å². The van der Waals surface area contributed by atoms with Crippen molar-refractivity contribution in [2.45, 2.75) is 33.0 Å². The van der Waals surface area contributed by atoms with Gasteiger partial charge in [-0.2, -0.15) is 0 Å². The third-order valence-electron chi connectivity index (χ3n) is 1.85. The first kappa shape index (κ1) is 11.6. The Labute approximate surface area is 88.4 Å². The van der Waals surface area contributed by atoms with E-state index in [1.54, 1.807) is 5.38 Å². The zero-order valence-corrected chi connectivity index (χ0v) is 9.29. The van der Waals surface area contributed by atoms with Gasteiger partial charge in [-0.25, -0.2) is 4.98 Å². The Hall–Kier alpha value is -0.450. The quantitative estimate of drug-likeness (QED) is 0.787. The lowest BCUT2D eigenvalue weighted by Gasteiger charge is -2.08. The maximum absolute atomic E-state index is 9.71. The SMILES string of the molecule is CC(C)[CH]C[C@@H](O)c1nc(CO)cs1. The van der Waals surface area contributed by atoms with Crippen molar-refractivity contribution in [3.8, 4) is 0 Å². The summed E-state index contributed by atoms with van der Waals surface area (Å²) in [5.74, 6) is 0.474. The van der Waals surface area contributed by atoms with Crippen molar-refractivity contribution in [2.24, 2.45) is 5.92 Å². The van der Waals surface area contributed by atoms with Crippen LogP contribution in [-0.4, -0.2) is 15.2 Å². The number of aliphatic hydroxyl groups is 2. The van der Waals surface area contributed by atoms with Gasteiger partial charge in [0.2, 0.25) is 0 Å². The minimum Gasteiger partial charge on any atom is -0.390 e. The van der Waals surface area contributed by atoms with Gasteiger partial charge in [-0.3, -0.25) is 0 Å². The van der Waals surface area contributed by atoms with Gasteiger partial charge in [-0.05, 0) is 18.8 Å². The first-order valence-corrected chi connectivity index (χ1v) is 5.58. The predicted octanol–water partition coefficient (Wildman–Crippen LogP) is 1.92. The molecule has 0 aromatic carbocycles. The van der Waals surface area contributed by atoms with Crippen molar-refractivity contribution in [3.05, 3.63) is 22.5 Å². The maximum atomic E-state index is 9.71. The normalized spacial score (nSPS) is 13.5. The molecule has 0 aliphatic heterocycles. The van der Waals surface area contributed by atoms with Crippen LogP contribution in [0.15, 0.2) is 5.38 Å². The Morgan fingerprint density at radius 1 is 1.57 bits per heavy atom. The molecule has 1 heterocycles. The Morgan fingerprint density at radius 2 is 2.29 bits per heavy atom. The average Bonchev–Trinajstić information content (AvgIpc) is 2.62. The van der Waals surface area contributed by atoms with E-state index in [4.69, 9.17) is 5.11 Å². The van der Waals surface area contributed by atoms with Gasteiger partial charge in [-0.15, -0.1) is 11.3 Å². The van der Waals surface area contributed by atoms with Gasteiger partial charge >= 0.3 is 0 Å². The fourth-order valence-corrected chi connectivity index (χ4v) is 1.86. The zero-order chi connectivity index (χ0) is 10.6. The molecule has 0 amide bonds. The van der Waals surface area contributed by atoms with Gasteiger partial charge in [0.05, 0.1) is 12.3 Å². The average molecular weight is 214 g/mol. The molecule has 1 rings (SSSR count). The van der Waals surface area contributed by atoms with Crippen LogP contribution in [0.4, 0.5) is 0 Å². The Morgan fingerprint density at radius 3 is 2.79 bits per heavy atom. The van der Waals surface area contributed by atoms with Crippen LogP contribution in [0.5, 0.6) is 0 Å². The highest BCUT2D eigenvalue weighted by atomic mass is 32.1. The molecule has 79 valence electrons. The smallest absolute Gasteiger partial charge is 0.122 e. The standard InChI is InChI=1S/C10H16NO2S/c1-7(2)3-4-9(13)10-11-8(5-12)6-14-10/h3,6-7,9,12-13H,4-5H2,1-2H3/t9-/m1/s1. The second-order valence-corrected chi connectivity index (χ2v) is 4.46. The largest absolute Gasteiger partial charge is 0.390 e. The van der Waals surface area contributed by atoms with Crippen LogP contribution in [0.25, 0.3) is 0 Å². The molecule has 2 N–H and O–H groups in total. The highest BCUT2D eigenvalue weighted by Gasteiger charge is 2.12. The first-order chi connectivity index (χ1) is 6.63. The summed E-state index contributed by atoms with van der Waals surface area (Å²) in [5.41, 5.74) is 0.633. The van der Waals surface area contributed by atoms with Crippen molar-refractivity contribution in [3.63, 3.8) is 0 Å². The molecule has 0 fully saturated rings. The van der Waals surface area contributed by atoms with E-state index in [1.165, 1.54) is 11.3 Å². The van der Waals surface area contributed by atoms with E-state index >= 15 is 0 Å². The van der Waals surface area contributed by atoms with Crippen molar-refractivity contribution >= 4 is 11.3 Å². The molecule has 14 heavy (non-hydrogen) atoms. The van der Waals surface area contributed by atoms with E-state index < -0.39 is 6.10 Å². The first-order valence-electron chi connectivity index (χ1n) is 4.70. The molecule has 1 atom stereocenters. The summed E-state index contributed by atoms with van der Waals surface area (Å²) in [5, 5.41) is 21.0. The zero-order valence-electron chi connectivity index (χ0n) is 8.47. The summed E-state index contributed by atoms with van der Waals surface area (Å²) >= 11 is 1.39. The summed E-state index contributed by atoms with van der Waals surface area (Å²) < 4.78 is 0. The molecule has 0 aliphatic rings. The number of hydrogen-bond donors (Lipinski definition) is 2. The summed E-state index contributed by atoms with van der Waals surface area (Å²) in [4.78, 5) is 4.11. The molecule has 3 nitrogen and oxygen atoms in total. The topological polar surface area (TPSA) is 53.4 Å². The lowest BCUT2D eigenvalue weighted by atomic mass is 10.1. The minimum absolute atomic E-state index is 0.0584. The van der Waals surface area contributed by atoms with E-state index in [-0.39, 0.29) is 6.61 Å². The molecule has 0 saturated heterocycles. The summed E-state index contributed by atoms with van der Waals surface area (Å²) in [6.45, 7) is 4.10.